The van der Waals surface area contributed by atoms with Gasteiger partial charge in [-0.2, -0.15) is 0 Å². The predicted octanol–water partition coefficient (Wildman–Crippen LogP) is 1.45. The van der Waals surface area contributed by atoms with Gasteiger partial charge in [0.25, 0.3) is 0 Å². The van der Waals surface area contributed by atoms with Gasteiger partial charge in [-0.1, -0.05) is 11.6 Å². The van der Waals surface area contributed by atoms with Crippen molar-refractivity contribution >= 4 is 29.1 Å². The topological polar surface area (TPSA) is 78.4 Å². The molecule has 2 rings (SSSR count). The molecule has 1 aromatic carbocycles. The molecular formula is C13H14ClFN2O3. The Kier molecular flexibility index (Phi) is 4.25. The lowest BCUT2D eigenvalue weighted by molar-refractivity contribution is -0.137. The summed E-state index contributed by atoms with van der Waals surface area (Å²) >= 11 is 5.51. The van der Waals surface area contributed by atoms with E-state index in [9.17, 15) is 19.1 Å². The number of halogens is 2. The third-order valence-corrected chi connectivity index (χ3v) is 3.55. The summed E-state index contributed by atoms with van der Waals surface area (Å²) in [5, 5.41) is 14.3. The minimum Gasteiger partial charge on any atom is -0.388 e. The standard InChI is InChI=1S/C13H14ClFN2O3/c14-9-3-2-8(6-10(9)15)17-12(19)11(18)16-7-13(20)4-1-5-13/h2-3,6,20H,1,4-5,7H2,(H,16,18)(H,17,19). The molecular weight excluding hydrogens is 287 g/mol. The second kappa shape index (κ2) is 5.76. The van der Waals surface area contributed by atoms with Crippen molar-refractivity contribution in [2.45, 2.75) is 24.9 Å². The average molecular weight is 301 g/mol. The molecule has 1 aromatic rings. The van der Waals surface area contributed by atoms with E-state index in [2.05, 4.69) is 10.6 Å². The summed E-state index contributed by atoms with van der Waals surface area (Å²) < 4.78 is 13.2. The minimum absolute atomic E-state index is 0.0359. The number of nitrogens with one attached hydrogen (secondary N) is 2. The van der Waals surface area contributed by atoms with Gasteiger partial charge >= 0.3 is 11.8 Å². The number of carbonyl (C=O) groups excluding carboxylic acids is 2. The number of hydrogen-bond acceptors (Lipinski definition) is 3. The van der Waals surface area contributed by atoms with E-state index in [1.165, 1.54) is 12.1 Å². The molecule has 20 heavy (non-hydrogen) atoms. The zero-order valence-electron chi connectivity index (χ0n) is 10.6. The zero-order valence-corrected chi connectivity index (χ0v) is 11.3. The fourth-order valence-electron chi connectivity index (χ4n) is 1.85. The van der Waals surface area contributed by atoms with Crippen LogP contribution >= 0.6 is 11.6 Å². The van der Waals surface area contributed by atoms with Crippen molar-refractivity contribution in [2.75, 3.05) is 11.9 Å². The first-order valence-corrected chi connectivity index (χ1v) is 6.54. The van der Waals surface area contributed by atoms with Crippen LogP contribution < -0.4 is 10.6 Å². The van der Waals surface area contributed by atoms with Crippen molar-refractivity contribution < 1.29 is 19.1 Å². The van der Waals surface area contributed by atoms with Crippen molar-refractivity contribution in [1.29, 1.82) is 0 Å². The van der Waals surface area contributed by atoms with Gasteiger partial charge in [0.15, 0.2) is 0 Å². The van der Waals surface area contributed by atoms with Crippen molar-refractivity contribution in [2.24, 2.45) is 0 Å². The fourth-order valence-corrected chi connectivity index (χ4v) is 1.97. The Bertz CT molecular complexity index is 546. The largest absolute Gasteiger partial charge is 0.388 e. The molecule has 108 valence electrons. The summed E-state index contributed by atoms with van der Waals surface area (Å²) in [4.78, 5) is 23.1. The summed E-state index contributed by atoms with van der Waals surface area (Å²) in [6, 6.07) is 3.69. The number of anilines is 1. The maximum absolute atomic E-state index is 13.2. The van der Waals surface area contributed by atoms with Gasteiger partial charge in [0, 0.05) is 12.2 Å². The Morgan fingerprint density at radius 1 is 1.35 bits per heavy atom. The van der Waals surface area contributed by atoms with Gasteiger partial charge in [-0.3, -0.25) is 9.59 Å². The van der Waals surface area contributed by atoms with Crippen LogP contribution in [0.1, 0.15) is 19.3 Å². The number of carbonyl (C=O) groups is 2. The predicted molar refractivity (Wildman–Crippen MR) is 71.9 cm³/mol. The molecule has 1 aliphatic rings. The van der Waals surface area contributed by atoms with Crippen LogP contribution in [0.2, 0.25) is 5.02 Å². The average Bonchev–Trinajstić information content (AvgIpc) is 2.38. The second-order valence-corrected chi connectivity index (χ2v) is 5.25. The lowest BCUT2D eigenvalue weighted by Crippen LogP contribution is -2.49. The molecule has 0 spiro atoms. The van der Waals surface area contributed by atoms with Crippen LogP contribution in [0.4, 0.5) is 10.1 Å². The summed E-state index contributed by atoms with van der Waals surface area (Å²) in [5.74, 6) is -2.48. The van der Waals surface area contributed by atoms with Crippen LogP contribution in [-0.4, -0.2) is 29.1 Å². The molecule has 2 amide bonds. The van der Waals surface area contributed by atoms with Crippen LogP contribution in [0.25, 0.3) is 0 Å². The lowest BCUT2D eigenvalue weighted by Gasteiger charge is -2.36. The monoisotopic (exact) mass is 300 g/mol. The smallest absolute Gasteiger partial charge is 0.313 e. The highest BCUT2D eigenvalue weighted by atomic mass is 35.5. The van der Waals surface area contributed by atoms with E-state index >= 15 is 0 Å². The number of hydrogen-bond donors (Lipinski definition) is 3. The van der Waals surface area contributed by atoms with E-state index in [4.69, 9.17) is 11.6 Å². The van der Waals surface area contributed by atoms with Crippen molar-refractivity contribution in [3.05, 3.63) is 29.0 Å². The molecule has 0 aromatic heterocycles. The Hall–Kier alpha value is -1.66. The van der Waals surface area contributed by atoms with Crippen molar-refractivity contribution in [3.8, 4) is 0 Å². The maximum atomic E-state index is 13.2. The molecule has 1 fully saturated rings. The highest BCUT2D eigenvalue weighted by molar-refractivity contribution is 6.39. The Labute approximate surface area is 120 Å². The van der Waals surface area contributed by atoms with E-state index in [1.54, 1.807) is 0 Å². The highest BCUT2D eigenvalue weighted by Gasteiger charge is 2.35. The van der Waals surface area contributed by atoms with Gasteiger partial charge in [-0.25, -0.2) is 4.39 Å². The van der Waals surface area contributed by atoms with Crippen LogP contribution in [-0.2, 0) is 9.59 Å². The van der Waals surface area contributed by atoms with E-state index in [-0.39, 0.29) is 17.3 Å². The number of aliphatic hydroxyl groups is 1. The summed E-state index contributed by atoms with van der Waals surface area (Å²) in [6.07, 6.45) is 2.12. The highest BCUT2D eigenvalue weighted by Crippen LogP contribution is 2.30. The van der Waals surface area contributed by atoms with Crippen molar-refractivity contribution in [3.63, 3.8) is 0 Å². The molecule has 0 bridgehead atoms. The Morgan fingerprint density at radius 3 is 2.60 bits per heavy atom. The normalized spacial score (nSPS) is 16.1. The molecule has 1 aliphatic carbocycles. The molecule has 0 saturated heterocycles. The fraction of sp³-hybridized carbons (Fsp3) is 0.385. The van der Waals surface area contributed by atoms with Crippen LogP contribution in [0.3, 0.4) is 0 Å². The van der Waals surface area contributed by atoms with E-state index in [0.717, 1.165) is 12.5 Å². The van der Waals surface area contributed by atoms with Crippen LogP contribution in [0.15, 0.2) is 18.2 Å². The molecule has 7 heteroatoms. The maximum Gasteiger partial charge on any atom is 0.313 e. The molecule has 0 unspecified atom stereocenters. The van der Waals surface area contributed by atoms with Gasteiger partial charge in [0.2, 0.25) is 0 Å². The Balaban J connectivity index is 1.87. The molecule has 1 saturated carbocycles. The summed E-state index contributed by atoms with van der Waals surface area (Å²) in [6.45, 7) is 0.0359. The number of benzene rings is 1. The molecule has 3 N–H and O–H groups in total. The summed E-state index contributed by atoms with van der Waals surface area (Å²) in [5.41, 5.74) is -0.767. The third kappa shape index (κ3) is 3.46. The van der Waals surface area contributed by atoms with Gasteiger partial charge in [0.1, 0.15) is 5.82 Å². The zero-order chi connectivity index (χ0) is 14.8. The van der Waals surface area contributed by atoms with E-state index in [1.807, 2.05) is 0 Å². The van der Waals surface area contributed by atoms with Crippen molar-refractivity contribution in [1.82, 2.24) is 5.32 Å². The van der Waals surface area contributed by atoms with Gasteiger partial charge < -0.3 is 15.7 Å². The van der Waals surface area contributed by atoms with Gasteiger partial charge in [-0.05, 0) is 37.5 Å². The molecule has 0 heterocycles. The second-order valence-electron chi connectivity index (χ2n) is 4.84. The first kappa shape index (κ1) is 14.7. The van der Waals surface area contributed by atoms with Crippen LogP contribution in [0, 0.1) is 5.82 Å². The van der Waals surface area contributed by atoms with E-state index < -0.39 is 23.2 Å². The SMILES string of the molecule is O=C(NCC1(O)CCC1)C(=O)Nc1ccc(Cl)c(F)c1. The molecule has 5 nitrogen and oxygen atoms in total. The number of rotatable bonds is 3. The van der Waals surface area contributed by atoms with Crippen LogP contribution in [0.5, 0.6) is 0 Å². The Morgan fingerprint density at radius 2 is 2.05 bits per heavy atom. The summed E-state index contributed by atoms with van der Waals surface area (Å²) in [7, 11) is 0. The molecule has 0 aliphatic heterocycles. The lowest BCUT2D eigenvalue weighted by atomic mass is 9.80. The molecule has 0 atom stereocenters. The van der Waals surface area contributed by atoms with Gasteiger partial charge in [-0.15, -0.1) is 0 Å². The van der Waals surface area contributed by atoms with Gasteiger partial charge in [0.05, 0.1) is 10.6 Å². The quantitative estimate of drug-likeness (QED) is 0.739. The first-order chi connectivity index (χ1) is 9.39. The van der Waals surface area contributed by atoms with E-state index in [0.29, 0.717) is 12.8 Å². The first-order valence-electron chi connectivity index (χ1n) is 6.16. The minimum atomic E-state index is -0.922. The number of amides is 2. The third-order valence-electron chi connectivity index (χ3n) is 3.25. The molecule has 0 radical (unpaired) electrons.